The quantitative estimate of drug-likeness (QED) is 0.762. The van der Waals surface area contributed by atoms with Crippen LogP contribution in [0.5, 0.6) is 0 Å². The van der Waals surface area contributed by atoms with Crippen LogP contribution in [0.1, 0.15) is 0 Å². The number of hydrogen-bond acceptors (Lipinski definition) is 5. The van der Waals surface area contributed by atoms with Crippen molar-refractivity contribution in [2.75, 3.05) is 31.2 Å². The molecule has 7 heteroatoms. The van der Waals surface area contributed by atoms with E-state index in [2.05, 4.69) is 20.0 Å². The molecule has 0 amide bonds. The summed E-state index contributed by atoms with van der Waals surface area (Å²) in [5.74, 6) is 0.418. The number of aromatic nitrogens is 4. The zero-order chi connectivity index (χ0) is 14.9. The summed E-state index contributed by atoms with van der Waals surface area (Å²) in [5.41, 5.74) is 1.52. The fourth-order valence-corrected chi connectivity index (χ4v) is 2.64. The average Bonchev–Trinajstić information content (AvgIpc) is 3.10. The van der Waals surface area contributed by atoms with Gasteiger partial charge in [0.25, 0.3) is 5.56 Å². The lowest BCUT2D eigenvalue weighted by Gasteiger charge is -2.28. The third kappa shape index (κ3) is 2.25. The summed E-state index contributed by atoms with van der Waals surface area (Å²) in [7, 11) is 0. The Hall–Kier alpha value is -2.67. The Balaban J connectivity index is 1.79. The normalized spacial score (nSPS) is 15.4. The highest BCUT2D eigenvalue weighted by Gasteiger charge is 2.13. The Morgan fingerprint density at radius 2 is 2.09 bits per heavy atom. The maximum absolute atomic E-state index is 12.3. The summed E-state index contributed by atoms with van der Waals surface area (Å²) in [5, 5.41) is 4.67. The second kappa shape index (κ2) is 5.27. The van der Waals surface area contributed by atoms with Crippen molar-refractivity contribution < 1.29 is 4.74 Å². The minimum absolute atomic E-state index is 0.161. The molecule has 1 fully saturated rings. The summed E-state index contributed by atoms with van der Waals surface area (Å²) >= 11 is 0. The zero-order valence-electron chi connectivity index (χ0n) is 11.9. The molecule has 0 atom stereocenters. The molecule has 0 saturated carbocycles. The summed E-state index contributed by atoms with van der Waals surface area (Å²) in [6, 6.07) is 7.54. The second-order valence-corrected chi connectivity index (χ2v) is 5.14. The number of benzene rings is 1. The predicted octanol–water partition coefficient (Wildman–Crippen LogP) is 0.945. The molecular formula is C15H15N5O2. The van der Waals surface area contributed by atoms with Crippen molar-refractivity contribution in [1.82, 2.24) is 19.7 Å². The van der Waals surface area contributed by atoms with Crippen molar-refractivity contribution in [1.29, 1.82) is 0 Å². The van der Waals surface area contributed by atoms with Crippen LogP contribution in [0.25, 0.3) is 16.9 Å². The first-order chi connectivity index (χ1) is 10.8. The number of nitrogens with zero attached hydrogens (tertiary/aromatic N) is 4. The van der Waals surface area contributed by atoms with Crippen molar-refractivity contribution in [3.05, 3.63) is 47.0 Å². The van der Waals surface area contributed by atoms with Crippen molar-refractivity contribution in [2.24, 2.45) is 0 Å². The van der Waals surface area contributed by atoms with Crippen LogP contribution in [-0.2, 0) is 4.74 Å². The van der Waals surface area contributed by atoms with E-state index in [0.29, 0.717) is 30.1 Å². The number of rotatable bonds is 2. The summed E-state index contributed by atoms with van der Waals surface area (Å²) in [4.78, 5) is 21.8. The lowest BCUT2D eigenvalue weighted by Crippen LogP contribution is -2.36. The molecule has 0 spiro atoms. The fraction of sp³-hybridized carbons (Fsp3) is 0.267. The third-order valence-electron chi connectivity index (χ3n) is 3.77. The second-order valence-electron chi connectivity index (χ2n) is 5.14. The van der Waals surface area contributed by atoms with Gasteiger partial charge in [0.05, 0.1) is 24.1 Å². The third-order valence-corrected chi connectivity index (χ3v) is 3.77. The fourth-order valence-electron chi connectivity index (χ4n) is 2.64. The maximum atomic E-state index is 12.3. The smallest absolute Gasteiger partial charge is 0.260 e. The molecule has 0 aliphatic carbocycles. The molecule has 1 N–H and O–H groups in total. The number of hydrogen-bond donors (Lipinski definition) is 1. The molecule has 112 valence electrons. The molecule has 7 nitrogen and oxygen atoms in total. The summed E-state index contributed by atoms with van der Waals surface area (Å²) in [6.07, 6.45) is 3.39. The summed E-state index contributed by atoms with van der Waals surface area (Å²) < 4.78 is 6.90. The van der Waals surface area contributed by atoms with E-state index in [1.165, 1.54) is 4.68 Å². The Labute approximate surface area is 126 Å². The Morgan fingerprint density at radius 3 is 2.86 bits per heavy atom. The standard InChI is InChI=1S/C15H15N5O2/c21-14-12-10-11(19-6-8-22-9-7-19)2-3-13(12)17-15(18-14)20-5-1-4-16-20/h1-5,10H,6-9H2,(H,17,18,21). The summed E-state index contributed by atoms with van der Waals surface area (Å²) in [6.45, 7) is 3.10. The molecule has 22 heavy (non-hydrogen) atoms. The average molecular weight is 297 g/mol. The maximum Gasteiger partial charge on any atom is 0.260 e. The van der Waals surface area contributed by atoms with E-state index in [4.69, 9.17) is 4.74 Å². The van der Waals surface area contributed by atoms with E-state index in [0.717, 1.165) is 18.8 Å². The van der Waals surface area contributed by atoms with Crippen LogP contribution in [0.15, 0.2) is 41.5 Å². The van der Waals surface area contributed by atoms with Crippen LogP contribution in [0.4, 0.5) is 5.69 Å². The van der Waals surface area contributed by atoms with E-state index in [-0.39, 0.29) is 5.56 Å². The molecule has 1 aliphatic rings. The van der Waals surface area contributed by atoms with Gasteiger partial charge in [-0.05, 0) is 24.3 Å². The molecule has 1 aliphatic heterocycles. The van der Waals surface area contributed by atoms with Gasteiger partial charge in [0.2, 0.25) is 5.95 Å². The van der Waals surface area contributed by atoms with Crippen molar-refractivity contribution in [3.63, 3.8) is 0 Å². The molecule has 0 radical (unpaired) electrons. The van der Waals surface area contributed by atoms with E-state index >= 15 is 0 Å². The molecular weight excluding hydrogens is 282 g/mol. The molecule has 3 heterocycles. The van der Waals surface area contributed by atoms with Crippen LogP contribution in [0.3, 0.4) is 0 Å². The van der Waals surface area contributed by atoms with E-state index < -0.39 is 0 Å². The number of H-pyrrole nitrogens is 1. The van der Waals surface area contributed by atoms with Gasteiger partial charge in [-0.2, -0.15) is 5.10 Å². The lowest BCUT2D eigenvalue weighted by molar-refractivity contribution is 0.122. The molecule has 2 aromatic heterocycles. The first-order valence-corrected chi connectivity index (χ1v) is 7.18. The van der Waals surface area contributed by atoms with Gasteiger partial charge in [-0.1, -0.05) is 0 Å². The van der Waals surface area contributed by atoms with Gasteiger partial charge in [-0.25, -0.2) is 9.67 Å². The van der Waals surface area contributed by atoms with Gasteiger partial charge in [0, 0.05) is 31.2 Å². The van der Waals surface area contributed by atoms with Crippen LogP contribution in [0, 0.1) is 0 Å². The lowest BCUT2D eigenvalue weighted by atomic mass is 10.2. The van der Waals surface area contributed by atoms with Crippen molar-refractivity contribution >= 4 is 16.6 Å². The highest BCUT2D eigenvalue weighted by Crippen LogP contribution is 2.20. The van der Waals surface area contributed by atoms with Crippen molar-refractivity contribution in [3.8, 4) is 5.95 Å². The molecule has 1 saturated heterocycles. The SMILES string of the molecule is O=c1[nH]c(-n2cccn2)nc2ccc(N3CCOCC3)cc12. The molecule has 0 unspecified atom stereocenters. The van der Waals surface area contributed by atoms with Gasteiger partial charge in [0.1, 0.15) is 0 Å². The highest BCUT2D eigenvalue weighted by molar-refractivity contribution is 5.82. The number of anilines is 1. The highest BCUT2D eigenvalue weighted by atomic mass is 16.5. The minimum Gasteiger partial charge on any atom is -0.378 e. The van der Waals surface area contributed by atoms with Gasteiger partial charge in [-0.15, -0.1) is 0 Å². The van der Waals surface area contributed by atoms with Gasteiger partial charge < -0.3 is 9.64 Å². The monoisotopic (exact) mass is 297 g/mol. The van der Waals surface area contributed by atoms with E-state index in [1.807, 2.05) is 18.2 Å². The minimum atomic E-state index is -0.161. The van der Waals surface area contributed by atoms with Crippen LogP contribution in [-0.4, -0.2) is 46.1 Å². The molecule has 0 bridgehead atoms. The Morgan fingerprint density at radius 1 is 1.23 bits per heavy atom. The zero-order valence-corrected chi connectivity index (χ0v) is 11.9. The molecule has 4 rings (SSSR count). The topological polar surface area (TPSA) is 76.0 Å². The number of morpholine rings is 1. The molecule has 3 aromatic rings. The van der Waals surface area contributed by atoms with Crippen LogP contribution in [0.2, 0.25) is 0 Å². The van der Waals surface area contributed by atoms with Crippen LogP contribution >= 0.6 is 0 Å². The first kappa shape index (κ1) is 13.0. The van der Waals surface area contributed by atoms with Gasteiger partial charge >= 0.3 is 0 Å². The largest absolute Gasteiger partial charge is 0.378 e. The van der Waals surface area contributed by atoms with Gasteiger partial charge in [0.15, 0.2) is 0 Å². The Kier molecular flexibility index (Phi) is 3.12. The number of fused-ring (bicyclic) bond motifs is 1. The van der Waals surface area contributed by atoms with Crippen molar-refractivity contribution in [2.45, 2.75) is 0 Å². The number of ether oxygens (including phenoxy) is 1. The number of nitrogens with one attached hydrogen (secondary N) is 1. The molecule has 1 aromatic carbocycles. The van der Waals surface area contributed by atoms with Gasteiger partial charge in [-0.3, -0.25) is 9.78 Å². The predicted molar refractivity (Wildman–Crippen MR) is 82.5 cm³/mol. The Bertz CT molecular complexity index is 850. The van der Waals surface area contributed by atoms with E-state index in [1.54, 1.807) is 18.5 Å². The van der Waals surface area contributed by atoms with Crippen LogP contribution < -0.4 is 10.5 Å². The first-order valence-electron chi connectivity index (χ1n) is 7.18. The van der Waals surface area contributed by atoms with E-state index in [9.17, 15) is 4.79 Å². The number of aromatic amines is 1.